The Kier molecular flexibility index (Phi) is 5.49. The lowest BCUT2D eigenvalue weighted by atomic mass is 10.1. The van der Waals surface area contributed by atoms with Gasteiger partial charge in [0.25, 0.3) is 5.91 Å². The summed E-state index contributed by atoms with van der Waals surface area (Å²) < 4.78 is 5.46. The van der Waals surface area contributed by atoms with Gasteiger partial charge in [-0.15, -0.1) is 0 Å². The molecule has 0 unspecified atom stereocenters. The van der Waals surface area contributed by atoms with E-state index in [1.54, 1.807) is 18.2 Å². The van der Waals surface area contributed by atoms with E-state index in [1.165, 1.54) is 0 Å². The van der Waals surface area contributed by atoms with Crippen molar-refractivity contribution in [2.45, 2.75) is 27.2 Å². The van der Waals surface area contributed by atoms with E-state index in [1.807, 2.05) is 6.92 Å². The van der Waals surface area contributed by atoms with Crippen LogP contribution >= 0.6 is 0 Å². The van der Waals surface area contributed by atoms with E-state index in [0.717, 1.165) is 6.42 Å². The molecule has 18 heavy (non-hydrogen) atoms. The third kappa shape index (κ3) is 4.28. The van der Waals surface area contributed by atoms with E-state index in [9.17, 15) is 4.79 Å². The standard InChI is InChI=1S/C14H22N2O2/c1-4-7-18-13-6-5-11(8-12(13)15)14(17)16-9-10(2)3/h5-6,8,10H,4,7,9,15H2,1-3H3,(H,16,17). The van der Waals surface area contributed by atoms with E-state index < -0.39 is 0 Å². The lowest BCUT2D eigenvalue weighted by Crippen LogP contribution is -2.27. The number of nitrogens with one attached hydrogen (secondary N) is 1. The van der Waals surface area contributed by atoms with Crippen molar-refractivity contribution in [1.29, 1.82) is 0 Å². The lowest BCUT2D eigenvalue weighted by molar-refractivity contribution is 0.0949. The zero-order valence-corrected chi connectivity index (χ0v) is 11.3. The van der Waals surface area contributed by atoms with Crippen LogP contribution in [0.5, 0.6) is 5.75 Å². The minimum atomic E-state index is -0.0996. The summed E-state index contributed by atoms with van der Waals surface area (Å²) in [6.07, 6.45) is 0.927. The van der Waals surface area contributed by atoms with Crippen LogP contribution in [0.4, 0.5) is 5.69 Å². The summed E-state index contributed by atoms with van der Waals surface area (Å²) in [5.41, 5.74) is 6.92. The molecule has 0 atom stereocenters. The second-order valence-electron chi connectivity index (χ2n) is 4.70. The molecule has 0 saturated heterocycles. The minimum absolute atomic E-state index is 0.0996. The molecule has 0 aliphatic rings. The summed E-state index contributed by atoms with van der Waals surface area (Å²) >= 11 is 0. The Morgan fingerprint density at radius 3 is 2.72 bits per heavy atom. The van der Waals surface area contributed by atoms with Gasteiger partial charge in [0.1, 0.15) is 5.75 Å². The third-order valence-corrected chi connectivity index (χ3v) is 2.40. The highest BCUT2D eigenvalue weighted by Crippen LogP contribution is 2.22. The van der Waals surface area contributed by atoms with Gasteiger partial charge in [0.05, 0.1) is 12.3 Å². The second kappa shape index (κ2) is 6.89. The van der Waals surface area contributed by atoms with E-state index in [0.29, 0.717) is 36.1 Å². The van der Waals surface area contributed by atoms with Crippen LogP contribution < -0.4 is 15.8 Å². The number of hydrogen-bond donors (Lipinski definition) is 2. The number of carbonyl (C=O) groups is 1. The van der Waals surface area contributed by atoms with Crippen molar-refractivity contribution in [3.8, 4) is 5.75 Å². The maximum absolute atomic E-state index is 11.8. The van der Waals surface area contributed by atoms with Gasteiger partial charge >= 0.3 is 0 Å². The SMILES string of the molecule is CCCOc1ccc(C(=O)NCC(C)C)cc1N. The molecular weight excluding hydrogens is 228 g/mol. The van der Waals surface area contributed by atoms with Gasteiger partial charge < -0.3 is 15.8 Å². The first kappa shape index (κ1) is 14.4. The summed E-state index contributed by atoms with van der Waals surface area (Å²) in [4.78, 5) is 11.8. The van der Waals surface area contributed by atoms with Crippen LogP contribution in [0.25, 0.3) is 0 Å². The van der Waals surface area contributed by atoms with Crippen LogP contribution in [0.3, 0.4) is 0 Å². The Morgan fingerprint density at radius 2 is 2.17 bits per heavy atom. The molecule has 0 spiro atoms. The molecule has 1 aromatic rings. The van der Waals surface area contributed by atoms with Gasteiger partial charge in [-0.2, -0.15) is 0 Å². The number of ether oxygens (including phenoxy) is 1. The molecule has 100 valence electrons. The van der Waals surface area contributed by atoms with Crippen LogP contribution in [0.1, 0.15) is 37.6 Å². The Balaban J connectivity index is 2.68. The molecular formula is C14H22N2O2. The van der Waals surface area contributed by atoms with E-state index in [4.69, 9.17) is 10.5 Å². The van der Waals surface area contributed by atoms with Gasteiger partial charge in [-0.05, 0) is 30.5 Å². The zero-order valence-electron chi connectivity index (χ0n) is 11.3. The van der Waals surface area contributed by atoms with Crippen molar-refractivity contribution in [3.63, 3.8) is 0 Å². The summed E-state index contributed by atoms with van der Waals surface area (Å²) in [6.45, 7) is 7.42. The highest BCUT2D eigenvalue weighted by Gasteiger charge is 2.09. The average Bonchev–Trinajstić information content (AvgIpc) is 2.34. The molecule has 0 aromatic heterocycles. The maximum atomic E-state index is 11.8. The van der Waals surface area contributed by atoms with Gasteiger partial charge in [0.15, 0.2) is 0 Å². The van der Waals surface area contributed by atoms with Gasteiger partial charge in [0, 0.05) is 12.1 Å². The van der Waals surface area contributed by atoms with Gasteiger partial charge in [-0.3, -0.25) is 4.79 Å². The average molecular weight is 250 g/mol. The Bertz CT molecular complexity index is 403. The zero-order chi connectivity index (χ0) is 13.5. The van der Waals surface area contributed by atoms with Crippen molar-refractivity contribution in [1.82, 2.24) is 5.32 Å². The van der Waals surface area contributed by atoms with Crippen molar-refractivity contribution in [2.75, 3.05) is 18.9 Å². The number of anilines is 1. The quantitative estimate of drug-likeness (QED) is 0.762. The number of carbonyl (C=O) groups excluding carboxylic acids is 1. The van der Waals surface area contributed by atoms with Crippen molar-refractivity contribution in [2.24, 2.45) is 5.92 Å². The molecule has 1 aromatic carbocycles. The largest absolute Gasteiger partial charge is 0.491 e. The highest BCUT2D eigenvalue weighted by atomic mass is 16.5. The Labute approximate surface area is 109 Å². The molecule has 0 radical (unpaired) electrons. The fraction of sp³-hybridized carbons (Fsp3) is 0.500. The molecule has 0 heterocycles. The number of amides is 1. The maximum Gasteiger partial charge on any atom is 0.251 e. The molecule has 0 aliphatic carbocycles. The van der Waals surface area contributed by atoms with Crippen molar-refractivity contribution in [3.05, 3.63) is 23.8 Å². The molecule has 0 saturated carbocycles. The van der Waals surface area contributed by atoms with Crippen LogP contribution in [-0.2, 0) is 0 Å². The van der Waals surface area contributed by atoms with Crippen molar-refractivity contribution >= 4 is 11.6 Å². The first-order valence-electron chi connectivity index (χ1n) is 6.35. The third-order valence-electron chi connectivity index (χ3n) is 2.40. The molecule has 1 rings (SSSR count). The first-order valence-corrected chi connectivity index (χ1v) is 6.35. The molecule has 0 bridgehead atoms. The van der Waals surface area contributed by atoms with Gasteiger partial charge in [0.2, 0.25) is 0 Å². The first-order chi connectivity index (χ1) is 8.54. The van der Waals surface area contributed by atoms with E-state index in [2.05, 4.69) is 19.2 Å². The highest BCUT2D eigenvalue weighted by molar-refractivity contribution is 5.95. The summed E-state index contributed by atoms with van der Waals surface area (Å²) in [6, 6.07) is 5.13. The minimum Gasteiger partial charge on any atom is -0.491 e. The molecule has 4 nitrogen and oxygen atoms in total. The molecule has 0 aliphatic heterocycles. The van der Waals surface area contributed by atoms with Crippen LogP contribution in [-0.4, -0.2) is 19.1 Å². The Hall–Kier alpha value is -1.71. The fourth-order valence-corrected chi connectivity index (χ4v) is 1.43. The molecule has 3 N–H and O–H groups in total. The fourth-order valence-electron chi connectivity index (χ4n) is 1.43. The van der Waals surface area contributed by atoms with E-state index >= 15 is 0 Å². The van der Waals surface area contributed by atoms with Gasteiger partial charge in [-0.1, -0.05) is 20.8 Å². The van der Waals surface area contributed by atoms with Gasteiger partial charge in [-0.25, -0.2) is 0 Å². The predicted molar refractivity (Wildman–Crippen MR) is 73.8 cm³/mol. The molecule has 1 amide bonds. The van der Waals surface area contributed by atoms with Crippen LogP contribution in [0.15, 0.2) is 18.2 Å². The number of hydrogen-bond acceptors (Lipinski definition) is 3. The number of rotatable bonds is 6. The summed E-state index contributed by atoms with van der Waals surface area (Å²) in [5, 5.41) is 2.85. The van der Waals surface area contributed by atoms with Crippen molar-refractivity contribution < 1.29 is 9.53 Å². The number of nitrogens with two attached hydrogens (primary N) is 1. The van der Waals surface area contributed by atoms with E-state index in [-0.39, 0.29) is 5.91 Å². The normalized spacial score (nSPS) is 10.4. The number of benzene rings is 1. The smallest absolute Gasteiger partial charge is 0.251 e. The molecule has 0 fully saturated rings. The lowest BCUT2D eigenvalue weighted by Gasteiger charge is -2.11. The van der Waals surface area contributed by atoms with Crippen LogP contribution in [0.2, 0.25) is 0 Å². The van der Waals surface area contributed by atoms with Crippen LogP contribution in [0, 0.1) is 5.92 Å². The monoisotopic (exact) mass is 250 g/mol. The second-order valence-corrected chi connectivity index (χ2v) is 4.70. The molecule has 4 heteroatoms. The Morgan fingerprint density at radius 1 is 1.44 bits per heavy atom. The number of nitrogen functional groups attached to an aromatic ring is 1. The summed E-state index contributed by atoms with van der Waals surface area (Å²) in [5.74, 6) is 0.966. The topological polar surface area (TPSA) is 64.3 Å². The predicted octanol–water partition coefficient (Wildman–Crippen LogP) is 2.44. The summed E-state index contributed by atoms with van der Waals surface area (Å²) in [7, 11) is 0.